The van der Waals surface area contributed by atoms with E-state index in [2.05, 4.69) is 58.4 Å². The van der Waals surface area contributed by atoms with E-state index in [1.807, 2.05) is 24.4 Å². The summed E-state index contributed by atoms with van der Waals surface area (Å²) in [5, 5.41) is 6.29. The average Bonchev–Trinajstić information content (AvgIpc) is 3.31. The standard InChI is InChI=1S/C29H37N7O/c1-28(2,3)22-9-13-32-23(15-22)33-24-16-25(35-26(34-24)21-8-6-12-31-18-21)36-14-11-29(19-36)10-5-7-20(17-29)27(37)30-4/h6,8-9,12-13,15-16,18,20H,5,7,10-11,14,17,19H2,1-4H3,(H,30,37)(H,32,33,34,35). The number of carbonyl (C=O) groups is 1. The first kappa shape index (κ1) is 25.1. The van der Waals surface area contributed by atoms with E-state index in [1.165, 1.54) is 5.56 Å². The summed E-state index contributed by atoms with van der Waals surface area (Å²) < 4.78 is 0. The molecule has 2 atom stereocenters. The van der Waals surface area contributed by atoms with Gasteiger partial charge in [0.2, 0.25) is 5.91 Å². The zero-order valence-electron chi connectivity index (χ0n) is 22.3. The molecule has 3 aromatic heterocycles. The Labute approximate surface area is 219 Å². The van der Waals surface area contributed by atoms with E-state index in [0.29, 0.717) is 11.6 Å². The van der Waals surface area contributed by atoms with Crippen LogP contribution in [0.3, 0.4) is 0 Å². The average molecular weight is 500 g/mol. The Morgan fingerprint density at radius 2 is 1.97 bits per heavy atom. The Morgan fingerprint density at radius 3 is 2.73 bits per heavy atom. The monoisotopic (exact) mass is 499 g/mol. The van der Waals surface area contributed by atoms with Gasteiger partial charge in [-0.25, -0.2) is 15.0 Å². The lowest BCUT2D eigenvalue weighted by Gasteiger charge is -2.37. The molecule has 2 aliphatic rings. The number of anilines is 3. The van der Waals surface area contributed by atoms with E-state index in [1.54, 1.807) is 19.4 Å². The van der Waals surface area contributed by atoms with Crippen LogP contribution in [0.25, 0.3) is 11.4 Å². The predicted octanol–water partition coefficient (Wildman–Crippen LogP) is 5.11. The minimum absolute atomic E-state index is 0.0213. The van der Waals surface area contributed by atoms with Crippen LogP contribution in [0.5, 0.6) is 0 Å². The summed E-state index contributed by atoms with van der Waals surface area (Å²) in [7, 11) is 1.74. The van der Waals surface area contributed by atoms with Crippen molar-refractivity contribution in [3.8, 4) is 11.4 Å². The maximum atomic E-state index is 12.4. The van der Waals surface area contributed by atoms with E-state index in [0.717, 1.165) is 62.4 Å². The lowest BCUT2D eigenvalue weighted by molar-refractivity contribution is -0.126. The Bertz CT molecular complexity index is 1260. The molecule has 0 bridgehead atoms. The van der Waals surface area contributed by atoms with Crippen molar-refractivity contribution in [2.45, 2.75) is 58.3 Å². The molecule has 1 aliphatic heterocycles. The van der Waals surface area contributed by atoms with Crippen LogP contribution < -0.4 is 15.5 Å². The third kappa shape index (κ3) is 5.58. The summed E-state index contributed by atoms with van der Waals surface area (Å²) in [6.45, 7) is 8.40. The van der Waals surface area contributed by atoms with Gasteiger partial charge in [-0.05, 0) is 66.3 Å². The van der Waals surface area contributed by atoms with Crippen molar-refractivity contribution in [1.82, 2.24) is 25.3 Å². The SMILES string of the molecule is CNC(=O)C1CCCC2(CCN(c3cc(Nc4cc(C(C)(C)C)ccn4)nc(-c4cccnc4)n3)C2)C1. The molecule has 2 unspecified atom stereocenters. The third-order valence-electron chi connectivity index (χ3n) is 7.83. The lowest BCUT2D eigenvalue weighted by Crippen LogP contribution is -2.38. The second kappa shape index (κ2) is 10.1. The summed E-state index contributed by atoms with van der Waals surface area (Å²) in [6, 6.07) is 10.0. The molecular formula is C29H37N7O. The molecule has 3 aromatic rings. The van der Waals surface area contributed by atoms with E-state index in [9.17, 15) is 4.79 Å². The third-order valence-corrected chi connectivity index (χ3v) is 7.83. The molecule has 2 N–H and O–H groups in total. The molecule has 8 heteroatoms. The molecule has 0 aromatic carbocycles. The first-order valence-corrected chi connectivity index (χ1v) is 13.2. The maximum Gasteiger partial charge on any atom is 0.222 e. The molecule has 8 nitrogen and oxygen atoms in total. The Hall–Kier alpha value is -3.55. The van der Waals surface area contributed by atoms with Gasteiger partial charge in [0.05, 0.1) is 0 Å². The van der Waals surface area contributed by atoms with E-state index < -0.39 is 0 Å². The van der Waals surface area contributed by atoms with Crippen molar-refractivity contribution in [2.24, 2.45) is 11.3 Å². The van der Waals surface area contributed by atoms with E-state index in [4.69, 9.17) is 9.97 Å². The fourth-order valence-corrected chi connectivity index (χ4v) is 5.76. The summed E-state index contributed by atoms with van der Waals surface area (Å²) in [5.74, 6) is 3.27. The van der Waals surface area contributed by atoms with Gasteiger partial charge < -0.3 is 15.5 Å². The molecule has 5 rings (SSSR count). The zero-order valence-corrected chi connectivity index (χ0v) is 22.3. The molecule has 1 saturated heterocycles. The van der Waals surface area contributed by atoms with Gasteiger partial charge in [-0.2, -0.15) is 0 Å². The highest BCUT2D eigenvalue weighted by Crippen LogP contribution is 2.47. The molecule has 37 heavy (non-hydrogen) atoms. The number of hydrogen-bond acceptors (Lipinski definition) is 7. The van der Waals surface area contributed by atoms with Crippen molar-refractivity contribution in [2.75, 3.05) is 30.4 Å². The Kier molecular flexibility index (Phi) is 6.84. The van der Waals surface area contributed by atoms with Gasteiger partial charge >= 0.3 is 0 Å². The van der Waals surface area contributed by atoms with E-state index >= 15 is 0 Å². The summed E-state index contributed by atoms with van der Waals surface area (Å²) >= 11 is 0. The zero-order chi connectivity index (χ0) is 26.0. The molecule has 1 amide bonds. The van der Waals surface area contributed by atoms with Gasteiger partial charge in [0.1, 0.15) is 17.5 Å². The second-order valence-corrected chi connectivity index (χ2v) is 11.6. The highest BCUT2D eigenvalue weighted by Gasteiger charge is 2.43. The number of carbonyl (C=O) groups excluding carboxylic acids is 1. The highest BCUT2D eigenvalue weighted by atomic mass is 16.1. The lowest BCUT2D eigenvalue weighted by atomic mass is 9.69. The highest BCUT2D eigenvalue weighted by molar-refractivity contribution is 5.78. The molecule has 0 radical (unpaired) electrons. The number of nitrogens with zero attached hydrogens (tertiary/aromatic N) is 5. The van der Waals surface area contributed by atoms with Crippen molar-refractivity contribution in [3.63, 3.8) is 0 Å². The molecular weight excluding hydrogens is 462 g/mol. The Morgan fingerprint density at radius 1 is 1.11 bits per heavy atom. The van der Waals surface area contributed by atoms with Gasteiger partial charge in [0.25, 0.3) is 0 Å². The first-order chi connectivity index (χ1) is 17.7. The number of pyridine rings is 2. The van der Waals surface area contributed by atoms with Gasteiger partial charge in [-0.1, -0.05) is 27.2 Å². The minimum atomic E-state index is 0.0213. The van der Waals surface area contributed by atoms with Crippen LogP contribution in [0.15, 0.2) is 48.9 Å². The van der Waals surface area contributed by atoms with Gasteiger partial charge in [-0.15, -0.1) is 0 Å². The predicted molar refractivity (Wildman–Crippen MR) is 147 cm³/mol. The second-order valence-electron chi connectivity index (χ2n) is 11.6. The molecule has 1 spiro atoms. The normalized spacial score (nSPS) is 21.7. The molecule has 1 aliphatic carbocycles. The van der Waals surface area contributed by atoms with Crippen LogP contribution in [0.1, 0.15) is 58.4 Å². The van der Waals surface area contributed by atoms with Crippen LogP contribution in [0, 0.1) is 11.3 Å². The molecule has 1 saturated carbocycles. The van der Waals surface area contributed by atoms with Gasteiger partial charge in [0, 0.05) is 56.3 Å². The molecule has 2 fully saturated rings. The van der Waals surface area contributed by atoms with Crippen LogP contribution in [-0.2, 0) is 10.2 Å². The summed E-state index contributed by atoms with van der Waals surface area (Å²) in [6.07, 6.45) is 10.6. The smallest absolute Gasteiger partial charge is 0.222 e. The van der Waals surface area contributed by atoms with Crippen LogP contribution in [-0.4, -0.2) is 46.0 Å². The van der Waals surface area contributed by atoms with Gasteiger partial charge in [-0.3, -0.25) is 9.78 Å². The van der Waals surface area contributed by atoms with Crippen LogP contribution in [0.2, 0.25) is 0 Å². The topological polar surface area (TPSA) is 95.9 Å². The van der Waals surface area contributed by atoms with Crippen molar-refractivity contribution in [3.05, 3.63) is 54.5 Å². The number of nitrogens with one attached hydrogen (secondary N) is 2. The summed E-state index contributed by atoms with van der Waals surface area (Å²) in [5.41, 5.74) is 2.25. The number of hydrogen-bond donors (Lipinski definition) is 2. The fourth-order valence-electron chi connectivity index (χ4n) is 5.76. The van der Waals surface area contributed by atoms with Crippen LogP contribution >= 0.6 is 0 Å². The molecule has 194 valence electrons. The van der Waals surface area contributed by atoms with Crippen molar-refractivity contribution >= 4 is 23.4 Å². The van der Waals surface area contributed by atoms with E-state index in [-0.39, 0.29) is 22.7 Å². The Balaban J connectivity index is 1.45. The fraction of sp³-hybridized carbons (Fsp3) is 0.483. The van der Waals surface area contributed by atoms with Crippen LogP contribution in [0.4, 0.5) is 17.5 Å². The summed E-state index contributed by atoms with van der Waals surface area (Å²) in [4.78, 5) is 33.4. The largest absolute Gasteiger partial charge is 0.359 e. The quantitative estimate of drug-likeness (QED) is 0.504. The number of rotatable bonds is 5. The van der Waals surface area contributed by atoms with Gasteiger partial charge in [0.15, 0.2) is 5.82 Å². The van der Waals surface area contributed by atoms with Crippen molar-refractivity contribution in [1.29, 1.82) is 0 Å². The number of aromatic nitrogens is 4. The number of amides is 1. The van der Waals surface area contributed by atoms with Crippen molar-refractivity contribution < 1.29 is 4.79 Å². The minimum Gasteiger partial charge on any atom is -0.359 e. The molecule has 4 heterocycles. The maximum absolute atomic E-state index is 12.4. The first-order valence-electron chi connectivity index (χ1n) is 13.2.